The maximum Gasteiger partial charge on any atom is 0.225 e. The van der Waals surface area contributed by atoms with Crippen LogP contribution in [0.1, 0.15) is 25.8 Å². The number of amides is 2. The zero-order valence-corrected chi connectivity index (χ0v) is 17.5. The van der Waals surface area contributed by atoms with Crippen LogP contribution in [-0.2, 0) is 16.0 Å². The lowest BCUT2D eigenvalue weighted by atomic mass is 9.96. The second-order valence-corrected chi connectivity index (χ2v) is 8.06. The van der Waals surface area contributed by atoms with Gasteiger partial charge in [0.25, 0.3) is 0 Å². The molecule has 2 aromatic rings. The minimum absolute atomic E-state index is 0.0316. The van der Waals surface area contributed by atoms with Crippen molar-refractivity contribution < 1.29 is 14.3 Å². The Morgan fingerprint density at radius 3 is 2.31 bits per heavy atom. The molecular weight excluding hydrogens is 364 g/mol. The van der Waals surface area contributed by atoms with Crippen LogP contribution in [0.15, 0.2) is 48.5 Å². The fourth-order valence-electron chi connectivity index (χ4n) is 3.66. The summed E-state index contributed by atoms with van der Waals surface area (Å²) in [4.78, 5) is 26.8. The first-order chi connectivity index (χ1) is 14.0. The fourth-order valence-corrected chi connectivity index (χ4v) is 3.66. The third kappa shape index (κ3) is 5.59. The van der Waals surface area contributed by atoms with E-state index in [9.17, 15) is 9.59 Å². The van der Waals surface area contributed by atoms with Crippen molar-refractivity contribution in [1.82, 2.24) is 10.2 Å². The summed E-state index contributed by atoms with van der Waals surface area (Å²) in [6.07, 6.45) is 1.15. The number of hydrogen-bond donors (Lipinski definition) is 1. The maximum absolute atomic E-state index is 12.5. The number of carbonyl (C=O) groups excluding carboxylic acids is 2. The van der Waals surface area contributed by atoms with E-state index in [1.54, 1.807) is 7.11 Å². The first kappa shape index (κ1) is 20.9. The fraction of sp³-hybridized carbons (Fsp3) is 0.417. The SMILES string of the molecule is COc1ccc(-c2ccc(CC3CN(C(=O)CC(C)C)CCNC3=O)cc2)cc1. The molecule has 0 radical (unpaired) electrons. The van der Waals surface area contributed by atoms with Gasteiger partial charge in [0.2, 0.25) is 11.8 Å². The van der Waals surface area contributed by atoms with Gasteiger partial charge in [0.05, 0.1) is 13.0 Å². The van der Waals surface area contributed by atoms with Crippen LogP contribution in [0, 0.1) is 11.8 Å². The summed E-state index contributed by atoms with van der Waals surface area (Å²) in [5, 5.41) is 2.96. The van der Waals surface area contributed by atoms with E-state index in [0.717, 1.165) is 22.4 Å². The van der Waals surface area contributed by atoms with E-state index in [1.165, 1.54) is 0 Å². The molecule has 1 N–H and O–H groups in total. The van der Waals surface area contributed by atoms with Crippen molar-refractivity contribution in [2.75, 3.05) is 26.7 Å². The number of benzene rings is 2. The Hall–Kier alpha value is -2.82. The molecule has 5 heteroatoms. The molecule has 1 atom stereocenters. The van der Waals surface area contributed by atoms with Crippen LogP contribution < -0.4 is 10.1 Å². The second-order valence-electron chi connectivity index (χ2n) is 8.06. The van der Waals surface area contributed by atoms with Gasteiger partial charge >= 0.3 is 0 Å². The molecule has 0 spiro atoms. The molecule has 1 unspecified atom stereocenters. The highest BCUT2D eigenvalue weighted by Gasteiger charge is 2.27. The summed E-state index contributed by atoms with van der Waals surface area (Å²) in [6, 6.07) is 16.2. The summed E-state index contributed by atoms with van der Waals surface area (Å²) in [5.74, 6) is 1.10. The number of carbonyl (C=O) groups is 2. The molecule has 0 bridgehead atoms. The first-order valence-electron chi connectivity index (χ1n) is 10.2. The lowest BCUT2D eigenvalue weighted by molar-refractivity contribution is -0.132. The van der Waals surface area contributed by atoms with Gasteiger partial charge in [-0.25, -0.2) is 0 Å². The number of hydrogen-bond acceptors (Lipinski definition) is 3. The Balaban J connectivity index is 1.68. The number of nitrogens with one attached hydrogen (secondary N) is 1. The minimum Gasteiger partial charge on any atom is -0.497 e. The van der Waals surface area contributed by atoms with E-state index >= 15 is 0 Å². The van der Waals surface area contributed by atoms with Crippen molar-refractivity contribution in [2.24, 2.45) is 11.8 Å². The molecule has 1 fully saturated rings. The normalized spacial score (nSPS) is 17.0. The van der Waals surface area contributed by atoms with E-state index in [0.29, 0.717) is 38.4 Å². The topological polar surface area (TPSA) is 58.6 Å². The van der Waals surface area contributed by atoms with Crippen molar-refractivity contribution in [1.29, 1.82) is 0 Å². The standard InChI is InChI=1S/C24H30N2O3/c1-17(2)14-23(27)26-13-12-25-24(28)21(16-26)15-18-4-6-19(7-5-18)20-8-10-22(29-3)11-9-20/h4-11,17,21H,12-16H2,1-3H3,(H,25,28). The van der Waals surface area contributed by atoms with Crippen LogP contribution in [-0.4, -0.2) is 43.5 Å². The van der Waals surface area contributed by atoms with Gasteiger partial charge in [0.15, 0.2) is 0 Å². The van der Waals surface area contributed by atoms with Crippen LogP contribution >= 0.6 is 0 Å². The monoisotopic (exact) mass is 394 g/mol. The van der Waals surface area contributed by atoms with Gasteiger partial charge in [-0.2, -0.15) is 0 Å². The molecule has 154 valence electrons. The number of ether oxygens (including phenoxy) is 1. The Bertz CT molecular complexity index is 828. The number of methoxy groups -OCH3 is 1. The molecule has 0 aliphatic carbocycles. The van der Waals surface area contributed by atoms with Crippen LogP contribution in [0.25, 0.3) is 11.1 Å². The van der Waals surface area contributed by atoms with E-state index in [-0.39, 0.29) is 17.7 Å². The summed E-state index contributed by atoms with van der Waals surface area (Å²) in [7, 11) is 1.66. The average molecular weight is 395 g/mol. The molecule has 2 amide bonds. The first-order valence-corrected chi connectivity index (χ1v) is 10.2. The minimum atomic E-state index is -0.222. The summed E-state index contributed by atoms with van der Waals surface area (Å²) in [5.41, 5.74) is 3.34. The molecule has 1 heterocycles. The molecule has 5 nitrogen and oxygen atoms in total. The predicted molar refractivity (Wildman–Crippen MR) is 115 cm³/mol. The van der Waals surface area contributed by atoms with Crippen molar-refractivity contribution in [3.63, 3.8) is 0 Å². The summed E-state index contributed by atoms with van der Waals surface area (Å²) >= 11 is 0. The molecule has 29 heavy (non-hydrogen) atoms. The van der Waals surface area contributed by atoms with Gasteiger partial charge in [-0.1, -0.05) is 50.2 Å². The smallest absolute Gasteiger partial charge is 0.225 e. The lowest BCUT2D eigenvalue weighted by Gasteiger charge is -2.24. The zero-order chi connectivity index (χ0) is 20.8. The Kier molecular flexibility index (Phi) is 6.91. The third-order valence-electron chi connectivity index (χ3n) is 5.29. The van der Waals surface area contributed by atoms with Crippen molar-refractivity contribution >= 4 is 11.8 Å². The Morgan fingerprint density at radius 1 is 1.10 bits per heavy atom. The average Bonchev–Trinajstić information content (AvgIpc) is 2.90. The van der Waals surface area contributed by atoms with Gasteiger partial charge in [0.1, 0.15) is 5.75 Å². The maximum atomic E-state index is 12.5. The molecule has 1 aliphatic rings. The molecule has 1 aliphatic heterocycles. The number of rotatable bonds is 6. The van der Waals surface area contributed by atoms with Gasteiger partial charge in [-0.3, -0.25) is 9.59 Å². The predicted octanol–water partition coefficient (Wildman–Crippen LogP) is 3.53. The number of nitrogens with zero attached hydrogens (tertiary/aromatic N) is 1. The van der Waals surface area contributed by atoms with Crippen LogP contribution in [0.2, 0.25) is 0 Å². The van der Waals surface area contributed by atoms with Gasteiger partial charge in [-0.15, -0.1) is 0 Å². The van der Waals surface area contributed by atoms with Crippen molar-refractivity contribution in [2.45, 2.75) is 26.7 Å². The van der Waals surface area contributed by atoms with Crippen molar-refractivity contribution in [3.05, 3.63) is 54.1 Å². The van der Waals surface area contributed by atoms with Crippen LogP contribution in [0.5, 0.6) is 5.75 Å². The van der Waals surface area contributed by atoms with E-state index in [4.69, 9.17) is 4.74 Å². The lowest BCUT2D eigenvalue weighted by Crippen LogP contribution is -2.37. The second kappa shape index (κ2) is 9.59. The van der Waals surface area contributed by atoms with Crippen LogP contribution in [0.4, 0.5) is 0 Å². The molecule has 2 aromatic carbocycles. The molecule has 0 aromatic heterocycles. The zero-order valence-electron chi connectivity index (χ0n) is 17.5. The summed E-state index contributed by atoms with van der Waals surface area (Å²) < 4.78 is 5.21. The third-order valence-corrected chi connectivity index (χ3v) is 5.29. The summed E-state index contributed by atoms with van der Waals surface area (Å²) in [6.45, 7) is 5.68. The van der Waals surface area contributed by atoms with E-state index in [2.05, 4.69) is 29.6 Å². The Morgan fingerprint density at radius 2 is 1.72 bits per heavy atom. The van der Waals surface area contributed by atoms with E-state index < -0.39 is 0 Å². The largest absolute Gasteiger partial charge is 0.497 e. The molecule has 1 saturated heterocycles. The van der Waals surface area contributed by atoms with Crippen LogP contribution in [0.3, 0.4) is 0 Å². The van der Waals surface area contributed by atoms with Crippen molar-refractivity contribution in [3.8, 4) is 16.9 Å². The van der Waals surface area contributed by atoms with E-state index in [1.807, 2.05) is 43.0 Å². The van der Waals surface area contributed by atoms with Gasteiger partial charge in [-0.05, 0) is 41.2 Å². The van der Waals surface area contributed by atoms with Gasteiger partial charge in [0, 0.05) is 26.1 Å². The molecule has 0 saturated carbocycles. The molecule has 3 rings (SSSR count). The highest BCUT2D eigenvalue weighted by Crippen LogP contribution is 2.24. The van der Waals surface area contributed by atoms with Gasteiger partial charge < -0.3 is 15.0 Å². The Labute approximate surface area is 173 Å². The highest BCUT2D eigenvalue weighted by atomic mass is 16.5. The molecular formula is C24H30N2O3. The highest BCUT2D eigenvalue weighted by molar-refractivity contribution is 5.82. The quantitative estimate of drug-likeness (QED) is 0.815.